The smallest absolute Gasteiger partial charge is 0.165 e. The van der Waals surface area contributed by atoms with Crippen LogP contribution in [0.3, 0.4) is 0 Å². The molecule has 4 heterocycles. The van der Waals surface area contributed by atoms with E-state index in [2.05, 4.69) is 43.8 Å². The molecule has 0 fully saturated rings. The van der Waals surface area contributed by atoms with Crippen LogP contribution in [0.2, 0.25) is 0 Å². The standard InChI is InChI=1S/2C14H23N5O.2ClH/c2*1-3-4-5-6-7-11(10(2)20)19-9-18-12-13(15)16-8-17-14(12)19;;/h2*8-11,20H,3-7H2,1-2H3,(H2,15,16,17);2*1H/t2*10-,11+;;/m10../s1. The Morgan fingerprint density at radius 1 is 0.619 bits per heavy atom. The summed E-state index contributed by atoms with van der Waals surface area (Å²) in [6.45, 7) is 7.99. The molecular weight excluding hydrogens is 579 g/mol. The topological polar surface area (TPSA) is 180 Å². The van der Waals surface area contributed by atoms with Crippen LogP contribution in [0, 0.1) is 0 Å². The van der Waals surface area contributed by atoms with Crippen molar-refractivity contribution >= 4 is 58.8 Å². The predicted octanol–water partition coefficient (Wildman–Crippen LogP) is 5.45. The fourth-order valence-electron chi connectivity index (χ4n) is 5.01. The van der Waals surface area contributed by atoms with Crippen molar-refractivity contribution in [3.63, 3.8) is 0 Å². The number of halogens is 2. The van der Waals surface area contributed by atoms with E-state index in [1.54, 1.807) is 26.5 Å². The van der Waals surface area contributed by atoms with Crippen LogP contribution in [-0.4, -0.2) is 61.5 Å². The first-order valence-corrected chi connectivity index (χ1v) is 14.5. The minimum atomic E-state index is -0.454. The normalized spacial score (nSPS) is 13.9. The van der Waals surface area contributed by atoms with Crippen molar-refractivity contribution in [2.75, 3.05) is 11.5 Å². The van der Waals surface area contributed by atoms with Gasteiger partial charge in [-0.2, -0.15) is 0 Å². The molecule has 4 atom stereocenters. The van der Waals surface area contributed by atoms with Gasteiger partial charge in [0.05, 0.1) is 36.9 Å². The number of hydrogen-bond acceptors (Lipinski definition) is 10. The van der Waals surface area contributed by atoms with Crippen molar-refractivity contribution in [1.29, 1.82) is 0 Å². The van der Waals surface area contributed by atoms with Crippen molar-refractivity contribution in [2.45, 2.75) is 116 Å². The van der Waals surface area contributed by atoms with Gasteiger partial charge in [-0.3, -0.25) is 0 Å². The summed E-state index contributed by atoms with van der Waals surface area (Å²) in [6.07, 6.45) is 16.6. The quantitative estimate of drug-likeness (QED) is 0.131. The first-order chi connectivity index (χ1) is 19.3. The highest BCUT2D eigenvalue weighted by Crippen LogP contribution is 2.26. The summed E-state index contributed by atoms with van der Waals surface area (Å²) in [6, 6.07) is -0.0442. The molecule has 0 amide bonds. The Morgan fingerprint density at radius 2 is 1.00 bits per heavy atom. The van der Waals surface area contributed by atoms with Gasteiger partial charge in [0, 0.05) is 0 Å². The number of aliphatic hydroxyl groups is 2. The second kappa shape index (κ2) is 18.7. The molecule has 0 aromatic carbocycles. The molecule has 0 bridgehead atoms. The van der Waals surface area contributed by atoms with Crippen LogP contribution < -0.4 is 11.5 Å². The molecule has 4 aromatic heterocycles. The molecule has 0 aliphatic rings. The summed E-state index contributed by atoms with van der Waals surface area (Å²) in [4.78, 5) is 24.9. The van der Waals surface area contributed by atoms with E-state index in [0.717, 1.165) is 25.7 Å². The molecule has 0 unspecified atom stereocenters. The molecule has 0 saturated carbocycles. The number of anilines is 2. The molecule has 0 radical (unpaired) electrons. The number of unbranched alkanes of at least 4 members (excludes halogenated alkanes) is 6. The Kier molecular flexibility index (Phi) is 16.6. The first kappa shape index (κ1) is 37.2. The molecule has 0 saturated heterocycles. The maximum atomic E-state index is 10.0. The van der Waals surface area contributed by atoms with E-state index in [1.807, 2.05) is 9.13 Å². The number of rotatable bonds is 14. The lowest BCUT2D eigenvalue weighted by atomic mass is 10.0. The Balaban J connectivity index is 0.000000401. The molecule has 42 heavy (non-hydrogen) atoms. The Labute approximate surface area is 260 Å². The maximum Gasteiger partial charge on any atom is 0.165 e. The van der Waals surface area contributed by atoms with Gasteiger partial charge in [-0.05, 0) is 26.7 Å². The summed E-state index contributed by atoms with van der Waals surface area (Å²) in [5, 5.41) is 20.1. The van der Waals surface area contributed by atoms with E-state index in [4.69, 9.17) is 11.5 Å². The number of nitrogens with two attached hydrogens (primary N) is 2. The highest BCUT2D eigenvalue weighted by atomic mass is 35.5. The summed E-state index contributed by atoms with van der Waals surface area (Å²) < 4.78 is 3.84. The lowest BCUT2D eigenvalue weighted by Gasteiger charge is -2.21. The zero-order valence-electron chi connectivity index (χ0n) is 25.1. The zero-order chi connectivity index (χ0) is 29.1. The van der Waals surface area contributed by atoms with Crippen LogP contribution in [0.15, 0.2) is 25.3 Å². The molecule has 0 spiro atoms. The van der Waals surface area contributed by atoms with Crippen LogP contribution >= 0.6 is 24.8 Å². The highest BCUT2D eigenvalue weighted by Gasteiger charge is 2.21. The molecule has 236 valence electrons. The third-order valence-electron chi connectivity index (χ3n) is 7.31. The van der Waals surface area contributed by atoms with Crippen molar-refractivity contribution in [1.82, 2.24) is 39.0 Å². The average Bonchev–Trinajstić information content (AvgIpc) is 3.55. The van der Waals surface area contributed by atoms with Crippen molar-refractivity contribution in [2.24, 2.45) is 0 Å². The Bertz CT molecular complexity index is 1210. The maximum absolute atomic E-state index is 10.0. The summed E-state index contributed by atoms with van der Waals surface area (Å²) in [5.41, 5.74) is 14.2. The van der Waals surface area contributed by atoms with Gasteiger partial charge in [-0.1, -0.05) is 65.2 Å². The van der Waals surface area contributed by atoms with E-state index in [1.165, 1.54) is 51.2 Å². The third-order valence-corrected chi connectivity index (χ3v) is 7.31. The molecule has 4 aromatic rings. The minimum Gasteiger partial charge on any atom is -0.391 e. The third kappa shape index (κ3) is 9.62. The Morgan fingerprint density at radius 3 is 1.33 bits per heavy atom. The molecule has 6 N–H and O–H groups in total. The second-order valence-corrected chi connectivity index (χ2v) is 10.5. The first-order valence-electron chi connectivity index (χ1n) is 14.5. The van der Waals surface area contributed by atoms with Gasteiger partial charge in [-0.25, -0.2) is 29.9 Å². The monoisotopic (exact) mass is 626 g/mol. The van der Waals surface area contributed by atoms with Gasteiger partial charge in [0.1, 0.15) is 23.7 Å². The second-order valence-electron chi connectivity index (χ2n) is 10.5. The van der Waals surface area contributed by atoms with Gasteiger partial charge >= 0.3 is 0 Å². The van der Waals surface area contributed by atoms with E-state index >= 15 is 0 Å². The predicted molar refractivity (Wildman–Crippen MR) is 173 cm³/mol. The average molecular weight is 628 g/mol. The highest BCUT2D eigenvalue weighted by molar-refractivity contribution is 5.85. The summed E-state index contributed by atoms with van der Waals surface area (Å²) in [7, 11) is 0. The Hall–Kier alpha value is -2.80. The van der Waals surface area contributed by atoms with Gasteiger partial charge in [0.25, 0.3) is 0 Å². The summed E-state index contributed by atoms with van der Waals surface area (Å²) in [5.74, 6) is 0.758. The molecule has 4 rings (SSSR count). The lowest BCUT2D eigenvalue weighted by molar-refractivity contribution is 0.124. The van der Waals surface area contributed by atoms with Crippen LogP contribution in [0.4, 0.5) is 11.6 Å². The van der Waals surface area contributed by atoms with E-state index in [0.29, 0.717) is 34.0 Å². The molecule has 0 aliphatic carbocycles. The minimum absolute atomic E-state index is 0. The molecular formula is C28H48Cl2N10O2. The van der Waals surface area contributed by atoms with Crippen LogP contribution in [0.1, 0.15) is 104 Å². The lowest BCUT2D eigenvalue weighted by Crippen LogP contribution is -2.21. The van der Waals surface area contributed by atoms with Crippen molar-refractivity contribution < 1.29 is 10.2 Å². The van der Waals surface area contributed by atoms with Crippen molar-refractivity contribution in [3.8, 4) is 0 Å². The summed E-state index contributed by atoms with van der Waals surface area (Å²) >= 11 is 0. The van der Waals surface area contributed by atoms with Crippen LogP contribution in [-0.2, 0) is 0 Å². The number of hydrogen-bond donors (Lipinski definition) is 4. The SMILES string of the molecule is CCCCCC[C@@H]([C@@H](C)O)n1cnc2c(N)ncnc21.CCCCCC[C@H]([C@H](C)O)n1cnc2c(N)ncnc21.Cl.Cl. The largest absolute Gasteiger partial charge is 0.391 e. The van der Waals surface area contributed by atoms with Gasteiger partial charge in [0.2, 0.25) is 0 Å². The van der Waals surface area contributed by atoms with E-state index < -0.39 is 12.2 Å². The zero-order valence-corrected chi connectivity index (χ0v) is 26.8. The van der Waals surface area contributed by atoms with E-state index in [-0.39, 0.29) is 36.9 Å². The van der Waals surface area contributed by atoms with E-state index in [9.17, 15) is 10.2 Å². The van der Waals surface area contributed by atoms with Gasteiger partial charge in [-0.15, -0.1) is 24.8 Å². The van der Waals surface area contributed by atoms with Crippen molar-refractivity contribution in [3.05, 3.63) is 25.3 Å². The molecule has 14 heteroatoms. The number of aromatic nitrogens is 8. The van der Waals surface area contributed by atoms with Crippen LogP contribution in [0.25, 0.3) is 22.3 Å². The number of fused-ring (bicyclic) bond motifs is 2. The number of nitrogens with zero attached hydrogens (tertiary/aromatic N) is 8. The van der Waals surface area contributed by atoms with Gasteiger partial charge < -0.3 is 30.8 Å². The fraction of sp³-hybridized carbons (Fsp3) is 0.643. The fourth-order valence-corrected chi connectivity index (χ4v) is 5.01. The number of aliphatic hydroxyl groups excluding tert-OH is 2. The number of nitrogen functional groups attached to an aromatic ring is 2. The number of imidazole rings is 2. The molecule has 0 aliphatic heterocycles. The van der Waals surface area contributed by atoms with Gasteiger partial charge in [0.15, 0.2) is 22.9 Å². The van der Waals surface area contributed by atoms with Crippen LogP contribution in [0.5, 0.6) is 0 Å². The molecule has 12 nitrogen and oxygen atoms in total.